The van der Waals surface area contributed by atoms with Crippen LogP contribution in [0.2, 0.25) is 10.0 Å². The van der Waals surface area contributed by atoms with E-state index < -0.39 is 6.04 Å². The number of hydrogen-bond donors (Lipinski definition) is 1. The third-order valence-corrected chi connectivity index (χ3v) is 7.50. The molecular formula is C29H32Cl2N2O2S. The SMILES string of the molecule is CCCNC(=O)[C@H](Cc1ccccc1)N(Cc1ccc(Cl)c(Cl)c1)C(=O)CSCc1ccc(C)cc1. The Hall–Kier alpha value is -2.47. The van der Waals surface area contributed by atoms with Gasteiger partial charge in [0.05, 0.1) is 15.8 Å². The minimum atomic E-state index is -0.652. The molecule has 0 aliphatic rings. The molecule has 3 rings (SSSR count). The lowest BCUT2D eigenvalue weighted by Gasteiger charge is -2.31. The number of nitrogens with one attached hydrogen (secondary N) is 1. The van der Waals surface area contributed by atoms with Crippen molar-refractivity contribution in [1.29, 1.82) is 0 Å². The number of hydrogen-bond acceptors (Lipinski definition) is 3. The molecular weight excluding hydrogens is 511 g/mol. The maximum Gasteiger partial charge on any atom is 0.243 e. The van der Waals surface area contributed by atoms with E-state index in [0.717, 1.165) is 28.9 Å². The Kier molecular flexibility index (Phi) is 11.2. The average molecular weight is 544 g/mol. The number of rotatable bonds is 12. The number of carbonyl (C=O) groups is 2. The van der Waals surface area contributed by atoms with E-state index in [-0.39, 0.29) is 24.1 Å². The number of amides is 2. The summed E-state index contributed by atoms with van der Waals surface area (Å²) < 4.78 is 0. The van der Waals surface area contributed by atoms with Crippen molar-refractivity contribution in [2.24, 2.45) is 0 Å². The monoisotopic (exact) mass is 542 g/mol. The second kappa shape index (κ2) is 14.3. The van der Waals surface area contributed by atoms with Crippen LogP contribution in [0.5, 0.6) is 0 Å². The topological polar surface area (TPSA) is 49.4 Å². The van der Waals surface area contributed by atoms with Crippen LogP contribution in [0.4, 0.5) is 0 Å². The third-order valence-electron chi connectivity index (χ3n) is 5.77. The Balaban J connectivity index is 1.84. The molecule has 36 heavy (non-hydrogen) atoms. The lowest BCUT2D eigenvalue weighted by molar-refractivity contribution is -0.139. The molecule has 0 saturated heterocycles. The summed E-state index contributed by atoms with van der Waals surface area (Å²) in [5.41, 5.74) is 4.18. The van der Waals surface area contributed by atoms with Crippen LogP contribution in [0, 0.1) is 6.92 Å². The molecule has 0 spiro atoms. The van der Waals surface area contributed by atoms with E-state index in [1.165, 1.54) is 5.56 Å². The number of thioether (sulfide) groups is 1. The van der Waals surface area contributed by atoms with Crippen LogP contribution >= 0.6 is 35.0 Å². The molecule has 0 heterocycles. The summed E-state index contributed by atoms with van der Waals surface area (Å²) in [4.78, 5) is 28.6. The average Bonchev–Trinajstić information content (AvgIpc) is 2.88. The highest BCUT2D eigenvalue weighted by molar-refractivity contribution is 7.99. The largest absolute Gasteiger partial charge is 0.354 e. The first-order valence-corrected chi connectivity index (χ1v) is 14.0. The van der Waals surface area contributed by atoms with E-state index in [9.17, 15) is 9.59 Å². The number of nitrogens with zero attached hydrogens (tertiary/aromatic N) is 1. The van der Waals surface area contributed by atoms with Crippen molar-refractivity contribution >= 4 is 46.8 Å². The Morgan fingerprint density at radius 1 is 0.917 bits per heavy atom. The Morgan fingerprint density at radius 2 is 1.61 bits per heavy atom. The molecule has 4 nitrogen and oxygen atoms in total. The van der Waals surface area contributed by atoms with Crippen LogP contribution in [-0.2, 0) is 28.3 Å². The molecule has 7 heteroatoms. The van der Waals surface area contributed by atoms with Gasteiger partial charge in [-0.05, 0) is 42.2 Å². The van der Waals surface area contributed by atoms with E-state index in [1.807, 2.05) is 43.3 Å². The van der Waals surface area contributed by atoms with Crippen molar-refractivity contribution in [2.45, 2.75) is 45.0 Å². The van der Waals surface area contributed by atoms with E-state index in [1.54, 1.807) is 28.8 Å². The van der Waals surface area contributed by atoms with Gasteiger partial charge in [-0.15, -0.1) is 11.8 Å². The van der Waals surface area contributed by atoms with Gasteiger partial charge in [0.2, 0.25) is 11.8 Å². The van der Waals surface area contributed by atoms with Crippen molar-refractivity contribution < 1.29 is 9.59 Å². The van der Waals surface area contributed by atoms with Crippen LogP contribution in [-0.4, -0.2) is 35.1 Å². The van der Waals surface area contributed by atoms with Gasteiger partial charge in [-0.1, -0.05) is 96.4 Å². The molecule has 0 radical (unpaired) electrons. The normalized spacial score (nSPS) is 11.7. The number of aryl methyl sites for hydroxylation is 1. The van der Waals surface area contributed by atoms with Crippen molar-refractivity contribution in [3.8, 4) is 0 Å². The van der Waals surface area contributed by atoms with Gasteiger partial charge in [-0.25, -0.2) is 0 Å². The van der Waals surface area contributed by atoms with Gasteiger partial charge in [0, 0.05) is 25.3 Å². The first kappa shape index (κ1) is 28.1. The summed E-state index contributed by atoms with van der Waals surface area (Å²) in [5, 5.41) is 3.87. The molecule has 0 aliphatic heterocycles. The Bertz CT molecular complexity index is 1140. The smallest absolute Gasteiger partial charge is 0.243 e. The Morgan fingerprint density at radius 3 is 2.28 bits per heavy atom. The van der Waals surface area contributed by atoms with Crippen molar-refractivity contribution in [1.82, 2.24) is 10.2 Å². The summed E-state index contributed by atoms with van der Waals surface area (Å²) in [6.07, 6.45) is 1.24. The van der Waals surface area contributed by atoms with E-state index in [2.05, 4.69) is 36.5 Å². The minimum Gasteiger partial charge on any atom is -0.354 e. The highest BCUT2D eigenvalue weighted by Crippen LogP contribution is 2.25. The molecule has 0 fully saturated rings. The third kappa shape index (κ3) is 8.58. The molecule has 3 aromatic rings. The van der Waals surface area contributed by atoms with Gasteiger partial charge < -0.3 is 10.2 Å². The molecule has 3 aromatic carbocycles. The molecule has 0 bridgehead atoms. The number of halogens is 2. The van der Waals surface area contributed by atoms with Crippen LogP contribution < -0.4 is 5.32 Å². The predicted molar refractivity (Wildman–Crippen MR) is 152 cm³/mol. The molecule has 190 valence electrons. The molecule has 0 saturated carbocycles. The first-order chi connectivity index (χ1) is 17.4. The standard InChI is InChI=1S/C29H32Cl2N2O2S/c1-3-15-32-29(35)27(17-22-7-5-4-6-8-22)33(18-24-13-14-25(30)26(31)16-24)28(34)20-36-19-23-11-9-21(2)10-12-23/h4-14,16,27H,3,15,17-20H2,1-2H3,(H,32,35)/t27-/m0/s1. The van der Waals surface area contributed by atoms with E-state index >= 15 is 0 Å². The maximum absolute atomic E-state index is 13.6. The number of benzene rings is 3. The maximum atomic E-state index is 13.6. The lowest BCUT2D eigenvalue weighted by atomic mass is 10.0. The zero-order valence-electron chi connectivity index (χ0n) is 20.7. The van der Waals surface area contributed by atoms with Gasteiger partial charge in [0.1, 0.15) is 6.04 Å². The highest BCUT2D eigenvalue weighted by atomic mass is 35.5. The molecule has 1 N–H and O–H groups in total. The molecule has 0 unspecified atom stereocenters. The van der Waals surface area contributed by atoms with Gasteiger partial charge in [-0.2, -0.15) is 0 Å². The minimum absolute atomic E-state index is 0.0919. The van der Waals surface area contributed by atoms with Crippen LogP contribution in [0.25, 0.3) is 0 Å². The summed E-state index contributed by atoms with van der Waals surface area (Å²) in [5.74, 6) is 0.739. The molecule has 0 aliphatic carbocycles. The molecule has 1 atom stereocenters. The molecule has 2 amide bonds. The Labute approximate surface area is 228 Å². The van der Waals surface area contributed by atoms with Gasteiger partial charge >= 0.3 is 0 Å². The number of carbonyl (C=O) groups excluding carboxylic acids is 2. The van der Waals surface area contributed by atoms with Crippen molar-refractivity contribution in [2.75, 3.05) is 12.3 Å². The van der Waals surface area contributed by atoms with Gasteiger partial charge in [0.15, 0.2) is 0 Å². The van der Waals surface area contributed by atoms with Crippen LogP contribution in [0.1, 0.15) is 35.6 Å². The fourth-order valence-corrected chi connectivity index (χ4v) is 4.97. The van der Waals surface area contributed by atoms with Gasteiger partial charge in [-0.3, -0.25) is 9.59 Å². The van der Waals surface area contributed by atoms with Crippen molar-refractivity contribution in [3.05, 3.63) is 105 Å². The van der Waals surface area contributed by atoms with E-state index in [0.29, 0.717) is 23.0 Å². The summed E-state index contributed by atoms with van der Waals surface area (Å²) in [6.45, 7) is 4.88. The second-order valence-electron chi connectivity index (χ2n) is 8.75. The van der Waals surface area contributed by atoms with Crippen molar-refractivity contribution in [3.63, 3.8) is 0 Å². The first-order valence-electron chi connectivity index (χ1n) is 12.1. The van der Waals surface area contributed by atoms with Crippen LogP contribution in [0.3, 0.4) is 0 Å². The predicted octanol–water partition coefficient (Wildman–Crippen LogP) is 6.70. The fraction of sp³-hybridized carbons (Fsp3) is 0.310. The fourth-order valence-electron chi connectivity index (χ4n) is 3.78. The summed E-state index contributed by atoms with van der Waals surface area (Å²) >= 11 is 13.9. The quantitative estimate of drug-likeness (QED) is 0.277. The van der Waals surface area contributed by atoms with Gasteiger partial charge in [0.25, 0.3) is 0 Å². The summed E-state index contributed by atoms with van der Waals surface area (Å²) in [7, 11) is 0. The zero-order valence-corrected chi connectivity index (χ0v) is 23.0. The highest BCUT2D eigenvalue weighted by Gasteiger charge is 2.30. The van der Waals surface area contributed by atoms with Crippen LogP contribution in [0.15, 0.2) is 72.8 Å². The summed E-state index contributed by atoms with van der Waals surface area (Å²) in [6, 6.07) is 22.8. The zero-order chi connectivity index (χ0) is 25.9. The second-order valence-corrected chi connectivity index (χ2v) is 10.5. The van der Waals surface area contributed by atoms with E-state index in [4.69, 9.17) is 23.2 Å². The molecule has 0 aromatic heterocycles. The lowest BCUT2D eigenvalue weighted by Crippen LogP contribution is -2.51.